The molecule has 3 heterocycles. The first-order chi connectivity index (χ1) is 13.8. The fourth-order valence-corrected chi connectivity index (χ4v) is 4.36. The number of aromatic nitrogens is 1. The quantitative estimate of drug-likeness (QED) is 0.689. The van der Waals surface area contributed by atoms with Gasteiger partial charge in [-0.25, -0.2) is 26.9 Å². The summed E-state index contributed by atoms with van der Waals surface area (Å²) < 4.78 is 82.2. The van der Waals surface area contributed by atoms with Gasteiger partial charge in [0.25, 0.3) is 0 Å². The lowest BCUT2D eigenvalue weighted by molar-refractivity contribution is -0.192. The van der Waals surface area contributed by atoms with Crippen molar-refractivity contribution in [1.29, 1.82) is 0 Å². The van der Waals surface area contributed by atoms with Crippen LogP contribution in [0.2, 0.25) is 0 Å². The van der Waals surface area contributed by atoms with Gasteiger partial charge in [0.15, 0.2) is 5.82 Å². The first-order valence-electron chi connectivity index (χ1n) is 8.95. The molecule has 0 amide bonds. The van der Waals surface area contributed by atoms with Crippen LogP contribution in [0.25, 0.3) is 0 Å². The van der Waals surface area contributed by atoms with Crippen LogP contribution >= 0.6 is 0 Å². The summed E-state index contributed by atoms with van der Waals surface area (Å²) in [6.45, 7) is 1.65. The summed E-state index contributed by atoms with van der Waals surface area (Å²) in [5, 5.41) is 7.12. The number of hydrogen-bond donors (Lipinski definition) is 1. The average Bonchev–Trinajstić information content (AvgIpc) is 2.66. The second kappa shape index (κ2) is 9.43. The Hall–Kier alpha value is -1.99. The van der Waals surface area contributed by atoms with Gasteiger partial charge in [0, 0.05) is 31.3 Å². The van der Waals surface area contributed by atoms with E-state index < -0.39 is 33.4 Å². The highest BCUT2D eigenvalue weighted by molar-refractivity contribution is 7.88. The Kier molecular flexibility index (Phi) is 7.64. The summed E-state index contributed by atoms with van der Waals surface area (Å²) in [7, 11) is -3.27. The van der Waals surface area contributed by atoms with Crippen molar-refractivity contribution in [3.8, 4) is 5.88 Å². The zero-order valence-electron chi connectivity index (χ0n) is 16.1. The largest absolute Gasteiger partial charge is 0.490 e. The van der Waals surface area contributed by atoms with Gasteiger partial charge in [0.2, 0.25) is 15.9 Å². The van der Waals surface area contributed by atoms with Gasteiger partial charge < -0.3 is 14.6 Å². The van der Waals surface area contributed by atoms with E-state index in [4.69, 9.17) is 19.4 Å². The molecule has 0 saturated carbocycles. The van der Waals surface area contributed by atoms with Crippen LogP contribution < -0.4 is 4.74 Å². The summed E-state index contributed by atoms with van der Waals surface area (Å²) in [5.74, 6) is -3.33. The SMILES string of the molecule is CS(=O)(=O)N1CCC2OCCCC2(COc2ncccc2F)C1.O=C(O)C(F)(F)F. The lowest BCUT2D eigenvalue weighted by Crippen LogP contribution is -2.58. The molecule has 3 rings (SSSR count). The zero-order valence-corrected chi connectivity index (χ0v) is 16.9. The van der Waals surface area contributed by atoms with Crippen LogP contribution in [0.15, 0.2) is 18.3 Å². The van der Waals surface area contributed by atoms with Crippen LogP contribution in [0.5, 0.6) is 5.88 Å². The summed E-state index contributed by atoms with van der Waals surface area (Å²) >= 11 is 0. The van der Waals surface area contributed by atoms with Crippen molar-refractivity contribution in [3.05, 3.63) is 24.1 Å². The van der Waals surface area contributed by atoms with Gasteiger partial charge in [-0.3, -0.25) is 0 Å². The van der Waals surface area contributed by atoms with E-state index in [0.717, 1.165) is 12.8 Å². The molecule has 0 bridgehead atoms. The summed E-state index contributed by atoms with van der Waals surface area (Å²) in [5.41, 5.74) is -0.455. The van der Waals surface area contributed by atoms with Crippen molar-refractivity contribution in [2.24, 2.45) is 5.41 Å². The average molecular weight is 458 g/mol. The summed E-state index contributed by atoms with van der Waals surface area (Å²) in [4.78, 5) is 12.8. The van der Waals surface area contributed by atoms with Crippen LogP contribution in [-0.2, 0) is 19.6 Å². The molecular weight excluding hydrogens is 436 g/mol. The number of fused-ring (bicyclic) bond motifs is 1. The number of piperidine rings is 1. The Morgan fingerprint density at radius 3 is 2.70 bits per heavy atom. The molecule has 2 unspecified atom stereocenters. The highest BCUT2D eigenvalue weighted by atomic mass is 32.2. The molecule has 2 saturated heterocycles. The van der Waals surface area contributed by atoms with E-state index in [-0.39, 0.29) is 18.6 Å². The molecule has 2 atom stereocenters. The first-order valence-corrected chi connectivity index (χ1v) is 10.8. The maximum atomic E-state index is 13.7. The minimum Gasteiger partial charge on any atom is -0.475 e. The second-order valence-electron chi connectivity index (χ2n) is 7.09. The van der Waals surface area contributed by atoms with E-state index in [9.17, 15) is 26.0 Å². The van der Waals surface area contributed by atoms with Gasteiger partial charge in [-0.1, -0.05) is 0 Å². The number of rotatable bonds is 4. The number of carboxylic acid groups (broad SMARTS) is 1. The second-order valence-corrected chi connectivity index (χ2v) is 9.07. The summed E-state index contributed by atoms with van der Waals surface area (Å²) in [6.07, 6.45) is -0.221. The number of ether oxygens (including phenoxy) is 2. The van der Waals surface area contributed by atoms with Crippen molar-refractivity contribution in [1.82, 2.24) is 9.29 Å². The molecule has 2 aliphatic heterocycles. The summed E-state index contributed by atoms with van der Waals surface area (Å²) in [6, 6.07) is 2.79. The molecule has 0 aliphatic carbocycles. The van der Waals surface area contributed by atoms with Gasteiger partial charge in [-0.15, -0.1) is 0 Å². The van der Waals surface area contributed by atoms with Gasteiger partial charge in [-0.2, -0.15) is 13.2 Å². The highest BCUT2D eigenvalue weighted by Gasteiger charge is 2.48. The first kappa shape index (κ1) is 24.3. The molecule has 1 N–H and O–H groups in total. The minimum absolute atomic E-state index is 0.0531. The van der Waals surface area contributed by atoms with Crippen molar-refractivity contribution in [2.45, 2.75) is 31.5 Å². The fraction of sp³-hybridized carbons (Fsp3) is 0.647. The third-order valence-electron chi connectivity index (χ3n) is 4.89. The standard InChI is InChI=1S/C15H21FN2O4S.C2HF3O2/c1-23(19,20)18-8-5-13-15(10-18,6-3-9-21-13)11-22-14-12(16)4-2-7-17-14;3-2(4,5)1(6)7/h2,4,7,13H,3,5-6,8-11H2,1H3;(H,6,7). The van der Waals surface area contributed by atoms with E-state index in [1.165, 1.54) is 28.9 Å². The maximum absolute atomic E-state index is 13.7. The zero-order chi connectivity index (χ0) is 22.6. The molecule has 8 nitrogen and oxygen atoms in total. The third-order valence-corrected chi connectivity index (χ3v) is 6.14. The third kappa shape index (κ3) is 6.25. The predicted octanol–water partition coefficient (Wildman–Crippen LogP) is 2.06. The molecule has 0 radical (unpaired) electrons. The van der Waals surface area contributed by atoms with E-state index in [2.05, 4.69) is 4.98 Å². The van der Waals surface area contributed by atoms with Crippen LogP contribution in [-0.4, -0.2) is 73.6 Å². The number of halogens is 4. The molecule has 1 aromatic rings. The molecule has 0 aromatic carbocycles. The topological polar surface area (TPSA) is 106 Å². The van der Waals surface area contributed by atoms with Crippen LogP contribution in [0, 0.1) is 11.2 Å². The van der Waals surface area contributed by atoms with Gasteiger partial charge >= 0.3 is 12.1 Å². The van der Waals surface area contributed by atoms with E-state index in [1.807, 2.05) is 0 Å². The van der Waals surface area contributed by atoms with E-state index in [1.54, 1.807) is 0 Å². The van der Waals surface area contributed by atoms with Crippen LogP contribution in [0.3, 0.4) is 0 Å². The number of alkyl halides is 3. The Morgan fingerprint density at radius 2 is 2.13 bits per heavy atom. The lowest BCUT2D eigenvalue weighted by Gasteiger charge is -2.49. The molecule has 170 valence electrons. The Bertz CT molecular complexity index is 851. The minimum atomic E-state index is -5.08. The Labute approximate surface area is 170 Å². The van der Waals surface area contributed by atoms with Crippen LogP contribution in [0.1, 0.15) is 19.3 Å². The molecular formula is C17H22F4N2O6S. The highest BCUT2D eigenvalue weighted by Crippen LogP contribution is 2.41. The number of carbonyl (C=O) groups is 1. The van der Waals surface area contributed by atoms with Crippen molar-refractivity contribution >= 4 is 16.0 Å². The lowest BCUT2D eigenvalue weighted by atomic mass is 9.73. The number of aliphatic carboxylic acids is 1. The normalized spacial score (nSPS) is 24.9. The van der Waals surface area contributed by atoms with Crippen molar-refractivity contribution in [2.75, 3.05) is 32.6 Å². The molecule has 13 heteroatoms. The Morgan fingerprint density at radius 1 is 1.47 bits per heavy atom. The maximum Gasteiger partial charge on any atom is 0.490 e. The monoisotopic (exact) mass is 458 g/mol. The smallest absolute Gasteiger partial charge is 0.475 e. The molecule has 30 heavy (non-hydrogen) atoms. The number of carboxylic acids is 1. The number of sulfonamides is 1. The molecule has 2 aliphatic rings. The van der Waals surface area contributed by atoms with Crippen molar-refractivity contribution in [3.63, 3.8) is 0 Å². The Balaban J connectivity index is 0.000000396. The molecule has 2 fully saturated rings. The molecule has 0 spiro atoms. The van der Waals surface area contributed by atoms with Gasteiger partial charge in [0.05, 0.1) is 19.0 Å². The predicted molar refractivity (Wildman–Crippen MR) is 95.8 cm³/mol. The van der Waals surface area contributed by atoms with Crippen molar-refractivity contribution < 1.29 is 45.4 Å². The van der Waals surface area contributed by atoms with E-state index >= 15 is 0 Å². The van der Waals surface area contributed by atoms with Gasteiger partial charge in [-0.05, 0) is 31.4 Å². The fourth-order valence-electron chi connectivity index (χ4n) is 3.43. The van der Waals surface area contributed by atoms with Crippen LogP contribution in [0.4, 0.5) is 17.6 Å². The number of hydrogen-bond acceptors (Lipinski definition) is 6. The van der Waals surface area contributed by atoms with Gasteiger partial charge in [0.1, 0.15) is 0 Å². The number of pyridine rings is 1. The number of nitrogens with zero attached hydrogens (tertiary/aromatic N) is 2. The molecule has 1 aromatic heterocycles. The van der Waals surface area contributed by atoms with E-state index in [0.29, 0.717) is 26.1 Å².